The van der Waals surface area contributed by atoms with E-state index in [1.54, 1.807) is 0 Å². The SMILES string of the molecule is CCCN(CCC)c1cnc(-c2c(CC)cccc2CC)nc1OC1CCN(Cc2ccccc2)CC1. The van der Waals surface area contributed by atoms with E-state index in [1.165, 1.54) is 22.3 Å². The van der Waals surface area contributed by atoms with Crippen molar-refractivity contribution in [2.45, 2.75) is 78.9 Å². The highest BCUT2D eigenvalue weighted by molar-refractivity contribution is 5.67. The molecule has 0 saturated carbocycles. The van der Waals surface area contributed by atoms with Crippen LogP contribution in [0.5, 0.6) is 5.88 Å². The third kappa shape index (κ3) is 6.89. The van der Waals surface area contributed by atoms with Gasteiger partial charge in [0.05, 0.1) is 6.20 Å². The molecule has 0 amide bonds. The van der Waals surface area contributed by atoms with Gasteiger partial charge in [0.25, 0.3) is 0 Å². The summed E-state index contributed by atoms with van der Waals surface area (Å²) < 4.78 is 6.75. The zero-order valence-electron chi connectivity index (χ0n) is 23.2. The number of ether oxygens (including phenoxy) is 1. The number of rotatable bonds is 12. The van der Waals surface area contributed by atoms with Crippen LogP contribution >= 0.6 is 0 Å². The summed E-state index contributed by atoms with van der Waals surface area (Å²) in [5, 5.41) is 0. The van der Waals surface area contributed by atoms with Gasteiger partial charge in [0.1, 0.15) is 11.8 Å². The molecule has 2 heterocycles. The quantitative estimate of drug-likeness (QED) is 0.269. The summed E-state index contributed by atoms with van der Waals surface area (Å²) in [5.74, 6) is 1.55. The fourth-order valence-electron chi connectivity index (χ4n) is 5.39. The summed E-state index contributed by atoms with van der Waals surface area (Å²) in [7, 11) is 0. The Bertz CT molecular complexity index is 1080. The molecule has 0 radical (unpaired) electrons. The summed E-state index contributed by atoms with van der Waals surface area (Å²) in [5.41, 5.74) is 6.18. The first-order valence-corrected chi connectivity index (χ1v) is 14.3. The Morgan fingerprint density at radius 1 is 0.865 bits per heavy atom. The van der Waals surface area contributed by atoms with E-state index < -0.39 is 0 Å². The van der Waals surface area contributed by atoms with Crippen molar-refractivity contribution in [1.29, 1.82) is 0 Å². The lowest BCUT2D eigenvalue weighted by molar-refractivity contribution is 0.0935. The lowest BCUT2D eigenvalue weighted by atomic mass is 9.97. The maximum atomic E-state index is 6.75. The smallest absolute Gasteiger partial charge is 0.241 e. The van der Waals surface area contributed by atoms with Gasteiger partial charge in [-0.2, -0.15) is 4.98 Å². The number of benzene rings is 2. The number of nitrogens with zero attached hydrogens (tertiary/aromatic N) is 4. The van der Waals surface area contributed by atoms with Gasteiger partial charge in [-0.05, 0) is 55.2 Å². The molecule has 0 unspecified atom stereocenters. The summed E-state index contributed by atoms with van der Waals surface area (Å²) in [4.78, 5) is 15.0. The zero-order chi connectivity index (χ0) is 26.0. The highest BCUT2D eigenvalue weighted by Crippen LogP contribution is 2.34. The second-order valence-electron chi connectivity index (χ2n) is 10.1. The molecule has 0 bridgehead atoms. The number of aryl methyl sites for hydroxylation is 2. The van der Waals surface area contributed by atoms with Gasteiger partial charge >= 0.3 is 0 Å². The first kappa shape index (κ1) is 27.1. The number of hydrogen-bond acceptors (Lipinski definition) is 5. The first-order chi connectivity index (χ1) is 18.2. The highest BCUT2D eigenvalue weighted by Gasteiger charge is 2.25. The Kier molecular flexibility index (Phi) is 9.95. The summed E-state index contributed by atoms with van der Waals surface area (Å²) in [6, 6.07) is 17.3. The monoisotopic (exact) mass is 500 g/mol. The van der Waals surface area contributed by atoms with E-state index in [0.717, 1.165) is 88.6 Å². The van der Waals surface area contributed by atoms with Gasteiger partial charge in [-0.15, -0.1) is 0 Å². The van der Waals surface area contributed by atoms with E-state index in [4.69, 9.17) is 14.7 Å². The van der Waals surface area contributed by atoms with Crippen LogP contribution in [-0.2, 0) is 19.4 Å². The topological polar surface area (TPSA) is 41.5 Å². The molecule has 1 aliphatic rings. The van der Waals surface area contributed by atoms with Crippen LogP contribution in [0.1, 0.15) is 70.1 Å². The molecule has 1 fully saturated rings. The molecule has 2 aromatic carbocycles. The molecule has 1 aliphatic heterocycles. The molecular formula is C32H44N4O. The van der Waals surface area contributed by atoms with Crippen LogP contribution in [-0.4, -0.2) is 47.2 Å². The van der Waals surface area contributed by atoms with Crippen LogP contribution in [0, 0.1) is 0 Å². The molecule has 5 heteroatoms. The molecular weight excluding hydrogens is 456 g/mol. The van der Waals surface area contributed by atoms with Crippen LogP contribution < -0.4 is 9.64 Å². The number of aromatic nitrogens is 2. The Morgan fingerprint density at radius 2 is 1.51 bits per heavy atom. The fraction of sp³-hybridized carbons (Fsp3) is 0.500. The average Bonchev–Trinajstić information content (AvgIpc) is 2.94. The molecule has 1 aromatic heterocycles. The lowest BCUT2D eigenvalue weighted by Gasteiger charge is -2.33. The van der Waals surface area contributed by atoms with Crippen molar-refractivity contribution in [2.24, 2.45) is 0 Å². The largest absolute Gasteiger partial charge is 0.473 e. The number of hydrogen-bond donors (Lipinski definition) is 0. The van der Waals surface area contributed by atoms with Crippen molar-refractivity contribution in [3.63, 3.8) is 0 Å². The molecule has 37 heavy (non-hydrogen) atoms. The van der Waals surface area contributed by atoms with E-state index in [0.29, 0.717) is 0 Å². The van der Waals surface area contributed by atoms with E-state index >= 15 is 0 Å². The van der Waals surface area contributed by atoms with Gasteiger partial charge in [-0.1, -0.05) is 76.2 Å². The third-order valence-electron chi connectivity index (χ3n) is 7.35. The van der Waals surface area contributed by atoms with Gasteiger partial charge in [-0.3, -0.25) is 4.90 Å². The van der Waals surface area contributed by atoms with Gasteiger partial charge in [0.15, 0.2) is 5.82 Å². The maximum Gasteiger partial charge on any atom is 0.241 e. The van der Waals surface area contributed by atoms with Crippen molar-refractivity contribution < 1.29 is 4.74 Å². The van der Waals surface area contributed by atoms with Gasteiger partial charge in [0, 0.05) is 38.3 Å². The molecule has 0 aliphatic carbocycles. The summed E-state index contributed by atoms with van der Waals surface area (Å²) >= 11 is 0. The van der Waals surface area contributed by atoms with Crippen LogP contribution in [0.2, 0.25) is 0 Å². The molecule has 0 spiro atoms. The molecule has 0 N–H and O–H groups in total. The second-order valence-corrected chi connectivity index (χ2v) is 10.1. The van der Waals surface area contributed by atoms with Crippen LogP contribution in [0.25, 0.3) is 11.4 Å². The Hall–Kier alpha value is -2.92. The minimum Gasteiger partial charge on any atom is -0.473 e. The predicted octanol–water partition coefficient (Wildman–Crippen LogP) is 6.94. The fourth-order valence-corrected chi connectivity index (χ4v) is 5.39. The maximum absolute atomic E-state index is 6.75. The second kappa shape index (κ2) is 13.6. The Balaban J connectivity index is 1.59. The molecule has 1 saturated heterocycles. The molecule has 198 valence electrons. The van der Waals surface area contributed by atoms with Crippen molar-refractivity contribution in [2.75, 3.05) is 31.1 Å². The van der Waals surface area contributed by atoms with Crippen molar-refractivity contribution in [3.8, 4) is 17.3 Å². The zero-order valence-corrected chi connectivity index (χ0v) is 23.2. The summed E-state index contributed by atoms with van der Waals surface area (Å²) in [6.45, 7) is 13.9. The minimum atomic E-state index is 0.172. The standard InChI is InChI=1S/C32H44N4O/c1-5-19-36(20-6-2)29-23-33-31(30-26(7-3)15-12-16-27(30)8-4)34-32(29)37-28-17-21-35(22-18-28)24-25-13-10-9-11-14-25/h9-16,23,28H,5-8,17-22,24H2,1-4H3. The number of likely N-dealkylation sites (tertiary alicyclic amines) is 1. The van der Waals surface area contributed by atoms with Crippen molar-refractivity contribution in [1.82, 2.24) is 14.9 Å². The predicted molar refractivity (Wildman–Crippen MR) is 154 cm³/mol. The molecule has 4 rings (SSSR count). The van der Waals surface area contributed by atoms with E-state index in [2.05, 4.69) is 86.0 Å². The molecule has 5 nitrogen and oxygen atoms in total. The highest BCUT2D eigenvalue weighted by atomic mass is 16.5. The van der Waals surface area contributed by atoms with Gasteiger partial charge < -0.3 is 9.64 Å². The van der Waals surface area contributed by atoms with Crippen LogP contribution in [0.3, 0.4) is 0 Å². The van der Waals surface area contributed by atoms with Crippen molar-refractivity contribution in [3.05, 3.63) is 71.4 Å². The molecule has 3 aromatic rings. The van der Waals surface area contributed by atoms with Crippen LogP contribution in [0.4, 0.5) is 5.69 Å². The Morgan fingerprint density at radius 3 is 2.11 bits per heavy atom. The summed E-state index contributed by atoms with van der Waals surface area (Å²) in [6.07, 6.45) is 8.29. The number of anilines is 1. The van der Waals surface area contributed by atoms with Gasteiger partial charge in [0.2, 0.25) is 5.88 Å². The lowest BCUT2D eigenvalue weighted by Crippen LogP contribution is -2.38. The van der Waals surface area contributed by atoms with E-state index in [9.17, 15) is 0 Å². The van der Waals surface area contributed by atoms with E-state index in [1.807, 2.05) is 6.20 Å². The minimum absolute atomic E-state index is 0.172. The van der Waals surface area contributed by atoms with E-state index in [-0.39, 0.29) is 6.10 Å². The van der Waals surface area contributed by atoms with Gasteiger partial charge in [-0.25, -0.2) is 4.98 Å². The normalized spacial score (nSPS) is 14.6. The van der Waals surface area contributed by atoms with Crippen molar-refractivity contribution >= 4 is 5.69 Å². The van der Waals surface area contributed by atoms with Crippen LogP contribution in [0.15, 0.2) is 54.7 Å². The number of piperidine rings is 1. The Labute approximate surface area is 223 Å². The first-order valence-electron chi connectivity index (χ1n) is 14.3. The average molecular weight is 501 g/mol. The third-order valence-corrected chi connectivity index (χ3v) is 7.35. The molecule has 0 atom stereocenters.